The van der Waals surface area contributed by atoms with Crippen molar-refractivity contribution in [1.82, 2.24) is 10.1 Å². The summed E-state index contributed by atoms with van der Waals surface area (Å²) >= 11 is 0. The Morgan fingerprint density at radius 1 is 1.39 bits per heavy atom. The van der Waals surface area contributed by atoms with Crippen LogP contribution in [0, 0.1) is 5.92 Å². The minimum absolute atomic E-state index is 0.0618. The summed E-state index contributed by atoms with van der Waals surface area (Å²) in [6.07, 6.45) is 3.59. The van der Waals surface area contributed by atoms with Crippen LogP contribution in [-0.4, -0.2) is 29.4 Å². The van der Waals surface area contributed by atoms with Gasteiger partial charge in [-0.15, -0.1) is 0 Å². The van der Waals surface area contributed by atoms with Gasteiger partial charge in [-0.05, 0) is 32.1 Å². The lowest BCUT2D eigenvalue weighted by molar-refractivity contribution is 0.169. The average molecular weight is 251 g/mol. The molecule has 2 N–H and O–H groups in total. The van der Waals surface area contributed by atoms with Gasteiger partial charge in [0.2, 0.25) is 5.89 Å². The van der Waals surface area contributed by atoms with Crippen molar-refractivity contribution in [2.24, 2.45) is 11.7 Å². The van der Waals surface area contributed by atoms with Crippen LogP contribution < -0.4 is 5.73 Å². The lowest BCUT2D eigenvalue weighted by atomic mass is 9.86. The molecule has 5 nitrogen and oxygen atoms in total. The molecule has 4 atom stereocenters. The third-order valence-corrected chi connectivity index (χ3v) is 4.51. The van der Waals surface area contributed by atoms with Crippen LogP contribution in [0.3, 0.4) is 0 Å². The van der Waals surface area contributed by atoms with Gasteiger partial charge in [0.25, 0.3) is 0 Å². The van der Waals surface area contributed by atoms with Crippen molar-refractivity contribution in [2.75, 3.05) is 13.2 Å². The first-order valence-electron chi connectivity index (χ1n) is 6.77. The Hall–Kier alpha value is -0.940. The predicted molar refractivity (Wildman–Crippen MR) is 66.2 cm³/mol. The topological polar surface area (TPSA) is 74.2 Å². The fourth-order valence-electron chi connectivity index (χ4n) is 2.98. The van der Waals surface area contributed by atoms with Gasteiger partial charge >= 0.3 is 0 Å². The van der Waals surface area contributed by atoms with E-state index in [1.807, 2.05) is 6.92 Å². The molecule has 1 aromatic rings. The second kappa shape index (κ2) is 4.31. The zero-order valence-corrected chi connectivity index (χ0v) is 11.1. The molecule has 1 saturated carbocycles. The highest BCUT2D eigenvalue weighted by Gasteiger charge is 2.44. The van der Waals surface area contributed by atoms with E-state index < -0.39 is 0 Å². The van der Waals surface area contributed by atoms with Crippen LogP contribution in [0.2, 0.25) is 0 Å². The third kappa shape index (κ3) is 1.86. The van der Waals surface area contributed by atoms with Gasteiger partial charge in [-0.25, -0.2) is 0 Å². The zero-order valence-electron chi connectivity index (χ0n) is 11.1. The van der Waals surface area contributed by atoms with Crippen molar-refractivity contribution in [3.05, 3.63) is 11.7 Å². The Balaban J connectivity index is 1.81. The van der Waals surface area contributed by atoms with E-state index >= 15 is 0 Å². The molecule has 0 aromatic carbocycles. The SMILES string of the molecule is CC1CCC(c2noc(C3(C)COCC3N)n2)C1. The number of hydrogen-bond acceptors (Lipinski definition) is 5. The average Bonchev–Trinajstić information content (AvgIpc) is 3.01. The van der Waals surface area contributed by atoms with E-state index in [-0.39, 0.29) is 11.5 Å². The standard InChI is InChI=1S/C13H21N3O2/c1-8-3-4-9(5-8)11-15-12(18-16-11)13(2)7-17-6-10(13)14/h8-10H,3-7,14H2,1-2H3. The van der Waals surface area contributed by atoms with E-state index in [2.05, 4.69) is 17.1 Å². The summed E-state index contributed by atoms with van der Waals surface area (Å²) in [5.41, 5.74) is 5.75. The van der Waals surface area contributed by atoms with Gasteiger partial charge in [0.05, 0.1) is 18.6 Å². The Kier molecular flexibility index (Phi) is 2.90. The minimum Gasteiger partial charge on any atom is -0.379 e. The van der Waals surface area contributed by atoms with E-state index in [4.69, 9.17) is 15.0 Å². The Labute approximate surface area is 107 Å². The van der Waals surface area contributed by atoms with Crippen molar-refractivity contribution in [2.45, 2.75) is 50.5 Å². The van der Waals surface area contributed by atoms with Gasteiger partial charge in [-0.2, -0.15) is 4.98 Å². The van der Waals surface area contributed by atoms with E-state index in [0.29, 0.717) is 25.0 Å². The summed E-state index contributed by atoms with van der Waals surface area (Å²) in [5, 5.41) is 4.16. The fraction of sp³-hybridized carbons (Fsp3) is 0.846. The maximum Gasteiger partial charge on any atom is 0.236 e. The van der Waals surface area contributed by atoms with Crippen molar-refractivity contribution < 1.29 is 9.26 Å². The van der Waals surface area contributed by atoms with Crippen LogP contribution in [0.15, 0.2) is 4.52 Å². The number of nitrogens with zero attached hydrogens (tertiary/aromatic N) is 2. The van der Waals surface area contributed by atoms with E-state index in [1.165, 1.54) is 12.8 Å². The molecule has 2 fully saturated rings. The van der Waals surface area contributed by atoms with E-state index in [0.717, 1.165) is 18.2 Å². The second-order valence-corrected chi connectivity index (χ2v) is 6.11. The number of hydrogen-bond donors (Lipinski definition) is 1. The number of ether oxygens (including phenoxy) is 1. The molecule has 100 valence electrons. The van der Waals surface area contributed by atoms with Gasteiger partial charge in [-0.3, -0.25) is 0 Å². The molecule has 1 aromatic heterocycles. The first kappa shape index (κ1) is 12.1. The molecule has 18 heavy (non-hydrogen) atoms. The van der Waals surface area contributed by atoms with Gasteiger partial charge < -0.3 is 15.0 Å². The van der Waals surface area contributed by atoms with Crippen LogP contribution >= 0.6 is 0 Å². The molecule has 3 rings (SSSR count). The maximum absolute atomic E-state index is 6.08. The van der Waals surface area contributed by atoms with Gasteiger partial charge in [0, 0.05) is 12.0 Å². The van der Waals surface area contributed by atoms with Crippen molar-refractivity contribution in [3.8, 4) is 0 Å². The Morgan fingerprint density at radius 2 is 2.22 bits per heavy atom. The van der Waals surface area contributed by atoms with Gasteiger partial charge in [-0.1, -0.05) is 12.1 Å². The largest absolute Gasteiger partial charge is 0.379 e. The molecule has 1 saturated heterocycles. The van der Waals surface area contributed by atoms with Crippen molar-refractivity contribution in [3.63, 3.8) is 0 Å². The van der Waals surface area contributed by atoms with E-state index in [9.17, 15) is 0 Å². The molecule has 2 heterocycles. The normalized spacial score (nSPS) is 40.5. The molecular weight excluding hydrogens is 230 g/mol. The van der Waals surface area contributed by atoms with Gasteiger partial charge in [0.15, 0.2) is 5.82 Å². The molecule has 0 amide bonds. The highest BCUT2D eigenvalue weighted by Crippen LogP contribution is 2.38. The summed E-state index contributed by atoms with van der Waals surface area (Å²) in [6.45, 7) is 5.45. The Bertz CT molecular complexity index is 434. The molecule has 0 bridgehead atoms. The van der Waals surface area contributed by atoms with E-state index in [1.54, 1.807) is 0 Å². The van der Waals surface area contributed by atoms with Crippen LogP contribution in [0.4, 0.5) is 0 Å². The fourth-order valence-corrected chi connectivity index (χ4v) is 2.98. The number of nitrogens with two attached hydrogens (primary N) is 1. The van der Waals surface area contributed by atoms with Crippen LogP contribution in [-0.2, 0) is 10.2 Å². The highest BCUT2D eigenvalue weighted by atomic mass is 16.5. The highest BCUT2D eigenvalue weighted by molar-refractivity contribution is 5.13. The quantitative estimate of drug-likeness (QED) is 0.864. The zero-order chi connectivity index (χ0) is 12.8. The lowest BCUT2D eigenvalue weighted by Crippen LogP contribution is -2.42. The number of aromatic nitrogens is 2. The third-order valence-electron chi connectivity index (χ3n) is 4.51. The molecule has 2 aliphatic rings. The molecule has 5 heteroatoms. The molecule has 4 unspecified atom stereocenters. The molecule has 1 aliphatic carbocycles. The minimum atomic E-state index is -0.324. The summed E-state index contributed by atoms with van der Waals surface area (Å²) in [6, 6.07) is -0.0618. The summed E-state index contributed by atoms with van der Waals surface area (Å²) in [7, 11) is 0. The van der Waals surface area contributed by atoms with Crippen molar-refractivity contribution in [1.29, 1.82) is 0 Å². The molecule has 0 radical (unpaired) electrons. The summed E-state index contributed by atoms with van der Waals surface area (Å²) in [5.74, 6) is 2.72. The first-order valence-corrected chi connectivity index (χ1v) is 6.77. The summed E-state index contributed by atoms with van der Waals surface area (Å²) in [4.78, 5) is 4.59. The second-order valence-electron chi connectivity index (χ2n) is 6.11. The molecule has 1 aliphatic heterocycles. The Morgan fingerprint density at radius 3 is 2.83 bits per heavy atom. The molecule has 0 spiro atoms. The molecular formula is C13H21N3O2. The van der Waals surface area contributed by atoms with Crippen LogP contribution in [0.25, 0.3) is 0 Å². The predicted octanol–water partition coefficient (Wildman–Crippen LogP) is 1.59. The maximum atomic E-state index is 6.08. The smallest absolute Gasteiger partial charge is 0.236 e. The summed E-state index contributed by atoms with van der Waals surface area (Å²) < 4.78 is 10.9. The number of rotatable bonds is 2. The van der Waals surface area contributed by atoms with Crippen molar-refractivity contribution >= 4 is 0 Å². The monoisotopic (exact) mass is 251 g/mol. The van der Waals surface area contributed by atoms with Crippen LogP contribution in [0.1, 0.15) is 50.7 Å². The first-order chi connectivity index (χ1) is 8.59. The van der Waals surface area contributed by atoms with Crippen LogP contribution in [0.5, 0.6) is 0 Å². The lowest BCUT2D eigenvalue weighted by Gasteiger charge is -2.21. The van der Waals surface area contributed by atoms with Gasteiger partial charge in [0.1, 0.15) is 0 Å².